The first kappa shape index (κ1) is 19.0. The zero-order valence-electron chi connectivity index (χ0n) is 16.1. The van der Waals surface area contributed by atoms with Crippen molar-refractivity contribution in [1.82, 2.24) is 4.57 Å². The summed E-state index contributed by atoms with van der Waals surface area (Å²) in [6.45, 7) is 3.95. The highest BCUT2D eigenvalue weighted by molar-refractivity contribution is 6.09. The van der Waals surface area contributed by atoms with Crippen LogP contribution < -0.4 is 10.1 Å². The van der Waals surface area contributed by atoms with Crippen LogP contribution in [0.1, 0.15) is 16.8 Å². The van der Waals surface area contributed by atoms with E-state index in [9.17, 15) is 10.1 Å². The molecule has 3 aromatic rings. The molecule has 1 N–H and O–H groups in total. The van der Waals surface area contributed by atoms with Crippen LogP contribution in [0.15, 0.2) is 66.4 Å². The van der Waals surface area contributed by atoms with Gasteiger partial charge in [-0.1, -0.05) is 17.7 Å². The number of methoxy groups -OCH3 is 1. The maximum Gasteiger partial charge on any atom is 0.266 e. The van der Waals surface area contributed by atoms with Crippen LogP contribution in [-0.2, 0) is 4.79 Å². The van der Waals surface area contributed by atoms with Crippen LogP contribution in [0, 0.1) is 25.2 Å². The third kappa shape index (κ3) is 4.30. The lowest BCUT2D eigenvalue weighted by Gasteiger charge is -2.07. The van der Waals surface area contributed by atoms with Crippen molar-refractivity contribution >= 4 is 17.7 Å². The fourth-order valence-corrected chi connectivity index (χ4v) is 2.85. The maximum absolute atomic E-state index is 12.4. The number of ether oxygens (including phenoxy) is 1. The van der Waals surface area contributed by atoms with Gasteiger partial charge >= 0.3 is 0 Å². The van der Waals surface area contributed by atoms with Gasteiger partial charge in [0.15, 0.2) is 0 Å². The molecule has 0 saturated heterocycles. The van der Waals surface area contributed by atoms with Crippen molar-refractivity contribution in [2.45, 2.75) is 13.8 Å². The first-order valence-corrected chi connectivity index (χ1v) is 8.83. The molecule has 0 fully saturated rings. The average molecular weight is 371 g/mol. The number of carbonyl (C=O) groups excluding carboxylic acids is 1. The van der Waals surface area contributed by atoms with Crippen molar-refractivity contribution in [2.75, 3.05) is 12.4 Å². The molecule has 5 heteroatoms. The Labute approximate surface area is 164 Å². The van der Waals surface area contributed by atoms with Gasteiger partial charge in [-0.3, -0.25) is 4.79 Å². The van der Waals surface area contributed by atoms with Gasteiger partial charge < -0.3 is 14.6 Å². The van der Waals surface area contributed by atoms with Crippen molar-refractivity contribution in [2.24, 2.45) is 0 Å². The molecule has 1 aromatic heterocycles. The number of nitrogens with one attached hydrogen (secondary N) is 1. The zero-order valence-corrected chi connectivity index (χ0v) is 16.1. The van der Waals surface area contributed by atoms with Gasteiger partial charge in [0.05, 0.1) is 7.11 Å². The van der Waals surface area contributed by atoms with Crippen molar-refractivity contribution < 1.29 is 9.53 Å². The Balaban J connectivity index is 1.83. The van der Waals surface area contributed by atoms with Gasteiger partial charge in [0.25, 0.3) is 5.91 Å². The molecule has 0 radical (unpaired) electrons. The van der Waals surface area contributed by atoms with E-state index in [0.29, 0.717) is 5.69 Å². The number of hydrogen-bond donors (Lipinski definition) is 1. The molecule has 5 nitrogen and oxygen atoms in total. The molecule has 140 valence electrons. The topological polar surface area (TPSA) is 67.0 Å². The number of nitrogens with zero attached hydrogens (tertiary/aromatic N) is 2. The SMILES string of the molecule is COc1ccc(-n2cc(/C=C(\C#N)C(=O)Nc3ccc(C)cc3)cc2C)cc1. The number of carbonyl (C=O) groups is 1. The highest BCUT2D eigenvalue weighted by Crippen LogP contribution is 2.20. The summed E-state index contributed by atoms with van der Waals surface area (Å²) in [5.41, 5.74) is 4.55. The normalized spacial score (nSPS) is 11.0. The lowest BCUT2D eigenvalue weighted by molar-refractivity contribution is -0.112. The summed E-state index contributed by atoms with van der Waals surface area (Å²) in [5, 5.41) is 12.2. The van der Waals surface area contributed by atoms with Crippen LogP contribution in [0.2, 0.25) is 0 Å². The minimum atomic E-state index is -0.429. The van der Waals surface area contributed by atoms with Crippen molar-refractivity contribution in [3.05, 3.63) is 83.2 Å². The quantitative estimate of drug-likeness (QED) is 0.524. The van der Waals surface area contributed by atoms with Crippen molar-refractivity contribution in [1.29, 1.82) is 5.26 Å². The third-order valence-corrected chi connectivity index (χ3v) is 4.37. The first-order valence-electron chi connectivity index (χ1n) is 8.83. The van der Waals surface area contributed by atoms with Crippen molar-refractivity contribution in [3.8, 4) is 17.5 Å². The number of nitriles is 1. The van der Waals surface area contributed by atoms with Crippen LogP contribution in [0.25, 0.3) is 11.8 Å². The summed E-state index contributed by atoms with van der Waals surface area (Å²) in [7, 11) is 1.63. The smallest absolute Gasteiger partial charge is 0.266 e. The highest BCUT2D eigenvalue weighted by Gasteiger charge is 2.11. The van der Waals surface area contributed by atoms with E-state index in [0.717, 1.165) is 28.3 Å². The second-order valence-electron chi connectivity index (χ2n) is 6.47. The molecule has 0 atom stereocenters. The highest BCUT2D eigenvalue weighted by atomic mass is 16.5. The number of anilines is 1. The fraction of sp³-hybridized carbons (Fsp3) is 0.130. The van der Waals surface area contributed by atoms with Gasteiger partial charge in [0.1, 0.15) is 17.4 Å². The Morgan fingerprint density at radius 2 is 1.79 bits per heavy atom. The van der Waals surface area contributed by atoms with E-state index in [1.54, 1.807) is 13.2 Å². The molecule has 0 spiro atoms. The molecule has 0 aliphatic rings. The van der Waals surface area contributed by atoms with Crippen LogP contribution in [0.4, 0.5) is 5.69 Å². The molecule has 1 heterocycles. The monoisotopic (exact) mass is 371 g/mol. The minimum absolute atomic E-state index is 0.0486. The van der Waals surface area contributed by atoms with Crippen LogP contribution in [0.3, 0.4) is 0 Å². The molecular weight excluding hydrogens is 350 g/mol. The fourth-order valence-electron chi connectivity index (χ4n) is 2.85. The predicted molar refractivity (Wildman–Crippen MR) is 110 cm³/mol. The zero-order chi connectivity index (χ0) is 20.1. The summed E-state index contributed by atoms with van der Waals surface area (Å²) in [4.78, 5) is 12.4. The predicted octanol–water partition coefficient (Wildman–Crippen LogP) is 4.65. The maximum atomic E-state index is 12.4. The number of rotatable bonds is 5. The summed E-state index contributed by atoms with van der Waals surface area (Å²) < 4.78 is 7.19. The van der Waals surface area contributed by atoms with Crippen LogP contribution in [0.5, 0.6) is 5.75 Å². The van der Waals surface area contributed by atoms with E-state index in [-0.39, 0.29) is 5.57 Å². The largest absolute Gasteiger partial charge is 0.497 e. The van der Waals surface area contributed by atoms with Crippen LogP contribution >= 0.6 is 0 Å². The van der Waals surface area contributed by atoms with E-state index in [1.807, 2.05) is 85.3 Å². The summed E-state index contributed by atoms with van der Waals surface area (Å²) in [6.07, 6.45) is 3.49. The molecule has 0 saturated carbocycles. The van der Waals surface area contributed by atoms with Crippen molar-refractivity contribution in [3.63, 3.8) is 0 Å². The molecule has 0 aliphatic carbocycles. The molecule has 3 rings (SSSR count). The van der Waals surface area contributed by atoms with Gasteiger partial charge in [-0.05, 0) is 68.0 Å². The molecule has 2 aromatic carbocycles. The average Bonchev–Trinajstić information content (AvgIpc) is 3.08. The molecule has 28 heavy (non-hydrogen) atoms. The minimum Gasteiger partial charge on any atom is -0.497 e. The molecule has 1 amide bonds. The van der Waals surface area contributed by atoms with Gasteiger partial charge in [-0.15, -0.1) is 0 Å². The Hall–Kier alpha value is -3.78. The number of aromatic nitrogens is 1. The van der Waals surface area contributed by atoms with E-state index in [1.165, 1.54) is 0 Å². The molecule has 0 bridgehead atoms. The van der Waals surface area contributed by atoms with Gasteiger partial charge in [0, 0.05) is 23.3 Å². The number of benzene rings is 2. The van der Waals surface area contributed by atoms with Crippen LogP contribution in [-0.4, -0.2) is 17.6 Å². The summed E-state index contributed by atoms with van der Waals surface area (Å²) in [5.74, 6) is 0.356. The Morgan fingerprint density at radius 3 is 2.39 bits per heavy atom. The second-order valence-corrected chi connectivity index (χ2v) is 6.47. The number of hydrogen-bond acceptors (Lipinski definition) is 3. The Kier molecular flexibility index (Phi) is 5.61. The number of amides is 1. The Bertz CT molecular complexity index is 1050. The van der Waals surface area contributed by atoms with E-state index in [4.69, 9.17) is 4.74 Å². The lowest BCUT2D eigenvalue weighted by atomic mass is 10.1. The summed E-state index contributed by atoms with van der Waals surface area (Å²) in [6, 6.07) is 19.0. The van der Waals surface area contributed by atoms with Gasteiger partial charge in [0.2, 0.25) is 0 Å². The number of aryl methyl sites for hydroxylation is 2. The molecule has 0 aliphatic heterocycles. The second kappa shape index (κ2) is 8.28. The van der Waals surface area contributed by atoms with E-state index < -0.39 is 5.91 Å². The molecular formula is C23H21N3O2. The van der Waals surface area contributed by atoms with E-state index >= 15 is 0 Å². The van der Waals surface area contributed by atoms with Gasteiger partial charge in [-0.2, -0.15) is 5.26 Å². The summed E-state index contributed by atoms with van der Waals surface area (Å²) >= 11 is 0. The standard InChI is InChI=1S/C23H21N3O2/c1-16-4-6-20(7-5-16)25-23(27)19(14-24)13-18-12-17(2)26(15-18)21-8-10-22(28-3)11-9-21/h4-13,15H,1-3H3,(H,25,27)/b19-13+. The first-order chi connectivity index (χ1) is 13.5. The third-order valence-electron chi connectivity index (χ3n) is 4.37. The van der Waals surface area contributed by atoms with Gasteiger partial charge in [-0.25, -0.2) is 0 Å². The Morgan fingerprint density at radius 1 is 1.11 bits per heavy atom. The lowest BCUT2D eigenvalue weighted by Crippen LogP contribution is -2.13. The van der Waals surface area contributed by atoms with E-state index in [2.05, 4.69) is 5.32 Å². The molecule has 0 unspecified atom stereocenters.